The van der Waals surface area contributed by atoms with Gasteiger partial charge in [-0.1, -0.05) is 0 Å². The molecule has 3 aliphatic rings. The van der Waals surface area contributed by atoms with Crippen LogP contribution in [-0.4, -0.2) is 52.0 Å². The summed E-state index contributed by atoms with van der Waals surface area (Å²) in [6.45, 7) is 0.274. The summed E-state index contributed by atoms with van der Waals surface area (Å²) in [5.74, 6) is 3.24. The van der Waals surface area contributed by atoms with Crippen LogP contribution in [0.3, 0.4) is 0 Å². The van der Waals surface area contributed by atoms with Gasteiger partial charge in [-0.15, -0.1) is 0 Å². The van der Waals surface area contributed by atoms with Gasteiger partial charge in [0, 0.05) is 11.6 Å². The van der Waals surface area contributed by atoms with Gasteiger partial charge in [0.2, 0.25) is 18.8 Å². The maximum Gasteiger partial charge on any atom is 0.413 e. The molecule has 0 bridgehead atoms. The lowest BCUT2D eigenvalue weighted by Gasteiger charge is -2.37. The first-order chi connectivity index (χ1) is 14.1. The van der Waals surface area contributed by atoms with Gasteiger partial charge in [-0.25, -0.2) is 4.79 Å². The third-order valence-electron chi connectivity index (χ3n) is 5.21. The van der Waals surface area contributed by atoms with E-state index in [-0.39, 0.29) is 13.4 Å². The van der Waals surface area contributed by atoms with Crippen molar-refractivity contribution in [3.8, 4) is 34.5 Å². The maximum absolute atomic E-state index is 12.5. The summed E-state index contributed by atoms with van der Waals surface area (Å²) < 4.78 is 38.7. The highest BCUT2D eigenvalue weighted by atomic mass is 16.7. The molecule has 9 heteroatoms. The number of ether oxygens (including phenoxy) is 7. The molecule has 0 N–H and O–H groups in total. The fourth-order valence-electron chi connectivity index (χ4n) is 3.93. The van der Waals surface area contributed by atoms with Crippen LogP contribution >= 0.6 is 0 Å². The first-order valence-electron chi connectivity index (χ1n) is 8.99. The Morgan fingerprint density at radius 2 is 1.59 bits per heavy atom. The molecule has 1 amide bonds. The van der Waals surface area contributed by atoms with Crippen molar-refractivity contribution in [3.05, 3.63) is 35.4 Å². The van der Waals surface area contributed by atoms with Crippen molar-refractivity contribution in [2.24, 2.45) is 0 Å². The van der Waals surface area contributed by atoms with Crippen LogP contribution in [0.5, 0.6) is 34.5 Å². The summed E-state index contributed by atoms with van der Waals surface area (Å²) >= 11 is 0. The van der Waals surface area contributed by atoms with Gasteiger partial charge in [-0.2, -0.15) is 0 Å². The molecule has 2 aromatic rings. The number of fused-ring (bicyclic) bond motifs is 3. The molecule has 0 radical (unpaired) electrons. The number of carbonyl (C=O) groups excluding carboxylic acids is 1. The van der Waals surface area contributed by atoms with Crippen LogP contribution in [0.15, 0.2) is 24.3 Å². The van der Waals surface area contributed by atoms with Crippen molar-refractivity contribution in [2.75, 3.05) is 34.7 Å². The molecule has 0 aliphatic carbocycles. The minimum atomic E-state index is -0.556. The Morgan fingerprint density at radius 3 is 2.24 bits per heavy atom. The van der Waals surface area contributed by atoms with Crippen LogP contribution in [0.1, 0.15) is 17.2 Å². The predicted octanol–water partition coefficient (Wildman–Crippen LogP) is 2.70. The Balaban J connectivity index is 1.71. The number of benzene rings is 2. The van der Waals surface area contributed by atoms with Crippen LogP contribution in [0, 0.1) is 0 Å². The average molecular weight is 401 g/mol. The lowest BCUT2D eigenvalue weighted by atomic mass is 9.93. The van der Waals surface area contributed by atoms with E-state index in [0.29, 0.717) is 34.5 Å². The largest absolute Gasteiger partial charge is 0.493 e. The van der Waals surface area contributed by atoms with Crippen molar-refractivity contribution in [3.63, 3.8) is 0 Å². The van der Waals surface area contributed by atoms with Gasteiger partial charge >= 0.3 is 6.09 Å². The topological polar surface area (TPSA) is 84.9 Å². The van der Waals surface area contributed by atoms with E-state index < -0.39 is 18.4 Å². The van der Waals surface area contributed by atoms with Gasteiger partial charge in [-0.05, 0) is 23.8 Å². The van der Waals surface area contributed by atoms with Crippen molar-refractivity contribution in [1.29, 1.82) is 0 Å². The molecule has 2 atom stereocenters. The highest BCUT2D eigenvalue weighted by molar-refractivity contribution is 5.73. The molecule has 152 valence electrons. The van der Waals surface area contributed by atoms with Crippen LogP contribution in [0.2, 0.25) is 0 Å². The van der Waals surface area contributed by atoms with E-state index in [4.69, 9.17) is 33.2 Å². The molecule has 9 nitrogen and oxygen atoms in total. The second-order valence-corrected chi connectivity index (χ2v) is 6.66. The van der Waals surface area contributed by atoms with Crippen molar-refractivity contribution in [2.45, 2.75) is 12.3 Å². The number of rotatable bonds is 4. The summed E-state index contributed by atoms with van der Waals surface area (Å²) in [5, 5.41) is 0. The van der Waals surface area contributed by atoms with Gasteiger partial charge in [0.05, 0.1) is 27.4 Å². The van der Waals surface area contributed by atoms with Gasteiger partial charge in [-0.3, -0.25) is 4.90 Å². The minimum Gasteiger partial charge on any atom is -0.493 e. The number of nitrogens with zero attached hydrogens (tertiary/aromatic N) is 1. The fraction of sp³-hybridized carbons (Fsp3) is 0.350. The molecule has 2 aromatic carbocycles. The Labute approximate surface area is 166 Å². The van der Waals surface area contributed by atoms with Crippen LogP contribution in [-0.2, 0) is 4.74 Å². The Kier molecular flexibility index (Phi) is 3.97. The zero-order chi connectivity index (χ0) is 20.1. The SMILES string of the molecule is COc1cc([C@@H]2c3cc4c(cc3O[C@H]3COC(=O)N23)OCO4)cc(OC)c1OC. The van der Waals surface area contributed by atoms with Crippen LogP contribution in [0.4, 0.5) is 4.79 Å². The molecule has 5 rings (SSSR count). The number of methoxy groups -OCH3 is 3. The summed E-state index contributed by atoms with van der Waals surface area (Å²) in [5.41, 5.74) is 1.50. The fourth-order valence-corrected chi connectivity index (χ4v) is 3.93. The zero-order valence-electron chi connectivity index (χ0n) is 16.1. The maximum atomic E-state index is 12.5. The van der Waals surface area contributed by atoms with E-state index in [2.05, 4.69) is 0 Å². The van der Waals surface area contributed by atoms with E-state index in [9.17, 15) is 4.79 Å². The third-order valence-corrected chi connectivity index (χ3v) is 5.21. The smallest absolute Gasteiger partial charge is 0.413 e. The summed E-state index contributed by atoms with van der Waals surface area (Å²) in [6, 6.07) is 6.74. The predicted molar refractivity (Wildman–Crippen MR) is 98.1 cm³/mol. The van der Waals surface area contributed by atoms with Crippen LogP contribution < -0.4 is 28.4 Å². The van der Waals surface area contributed by atoms with E-state index in [1.165, 1.54) is 7.11 Å². The van der Waals surface area contributed by atoms with E-state index in [1.54, 1.807) is 25.2 Å². The normalized spacial score (nSPS) is 21.1. The number of cyclic esters (lactones) is 1. The highest BCUT2D eigenvalue weighted by Gasteiger charge is 2.46. The first kappa shape index (κ1) is 17.6. The molecule has 1 saturated heterocycles. The lowest BCUT2D eigenvalue weighted by Crippen LogP contribution is -2.44. The van der Waals surface area contributed by atoms with E-state index >= 15 is 0 Å². The third kappa shape index (κ3) is 2.57. The number of hydrogen-bond acceptors (Lipinski definition) is 8. The van der Waals surface area contributed by atoms with Crippen molar-refractivity contribution in [1.82, 2.24) is 4.90 Å². The monoisotopic (exact) mass is 401 g/mol. The number of carbonyl (C=O) groups is 1. The summed E-state index contributed by atoms with van der Waals surface area (Å²) in [4.78, 5) is 14.1. The second kappa shape index (κ2) is 6.54. The highest BCUT2D eigenvalue weighted by Crippen LogP contribution is 2.50. The first-order valence-corrected chi connectivity index (χ1v) is 8.99. The number of hydrogen-bond donors (Lipinski definition) is 0. The molecule has 0 spiro atoms. The molecular weight excluding hydrogens is 382 g/mol. The van der Waals surface area contributed by atoms with E-state index in [0.717, 1.165) is 11.1 Å². The van der Waals surface area contributed by atoms with Crippen molar-refractivity contribution >= 4 is 6.09 Å². The second-order valence-electron chi connectivity index (χ2n) is 6.66. The molecule has 0 saturated carbocycles. The zero-order valence-corrected chi connectivity index (χ0v) is 16.1. The van der Waals surface area contributed by atoms with E-state index in [1.807, 2.05) is 18.2 Å². The Bertz CT molecular complexity index is 966. The molecule has 0 unspecified atom stereocenters. The molecule has 3 aliphatic heterocycles. The summed E-state index contributed by atoms with van der Waals surface area (Å²) in [6.07, 6.45) is -1.02. The average Bonchev–Trinajstić information content (AvgIpc) is 3.35. The molecular formula is C20H19NO8. The van der Waals surface area contributed by atoms with Crippen LogP contribution in [0.25, 0.3) is 0 Å². The molecule has 3 heterocycles. The van der Waals surface area contributed by atoms with Gasteiger partial charge in [0.1, 0.15) is 12.4 Å². The van der Waals surface area contributed by atoms with Gasteiger partial charge in [0.15, 0.2) is 23.0 Å². The number of amides is 1. The standard InChI is InChI=1S/C20H19NO8/c1-23-15-4-10(5-16(24-2)19(15)25-3)18-11-6-13-14(28-9-27-13)7-12(11)29-17-8-26-20(22)21(17)18/h4-7,17-18H,8-9H2,1-3H3/t17-,18+/m0/s1. The van der Waals surface area contributed by atoms with Gasteiger partial charge in [0.25, 0.3) is 0 Å². The lowest BCUT2D eigenvalue weighted by molar-refractivity contribution is 0.0431. The quantitative estimate of drug-likeness (QED) is 0.773. The van der Waals surface area contributed by atoms with Gasteiger partial charge < -0.3 is 33.2 Å². The minimum absolute atomic E-state index is 0.133. The Hall–Kier alpha value is -3.49. The Morgan fingerprint density at radius 1 is 0.897 bits per heavy atom. The summed E-state index contributed by atoms with van der Waals surface area (Å²) in [7, 11) is 4.63. The molecule has 0 aromatic heterocycles. The van der Waals surface area contributed by atoms with Crippen molar-refractivity contribution < 1.29 is 38.0 Å². The molecule has 29 heavy (non-hydrogen) atoms. The molecule has 1 fully saturated rings.